The zero-order chi connectivity index (χ0) is 24.6. The summed E-state index contributed by atoms with van der Waals surface area (Å²) in [5.41, 5.74) is 7.72. The van der Waals surface area contributed by atoms with Crippen LogP contribution in [0.5, 0.6) is 0 Å². The molecule has 0 radical (unpaired) electrons. The predicted molar refractivity (Wildman–Crippen MR) is 132 cm³/mol. The molecule has 3 aliphatic rings. The molecule has 0 aliphatic carbocycles. The van der Waals surface area contributed by atoms with E-state index < -0.39 is 5.54 Å². The van der Waals surface area contributed by atoms with Crippen LogP contribution in [0.4, 0.5) is 9.18 Å². The number of urea groups is 1. The van der Waals surface area contributed by atoms with E-state index in [0.29, 0.717) is 5.92 Å². The van der Waals surface area contributed by atoms with Crippen LogP contribution in [-0.2, 0) is 11.3 Å². The third-order valence-electron chi connectivity index (χ3n) is 7.77. The molecule has 2 aromatic rings. The molecule has 3 amide bonds. The first-order valence-electron chi connectivity index (χ1n) is 12.2. The molecule has 9 heteroatoms. The van der Waals surface area contributed by atoms with Gasteiger partial charge in [0, 0.05) is 24.0 Å². The van der Waals surface area contributed by atoms with Crippen molar-refractivity contribution in [2.75, 3.05) is 26.2 Å². The van der Waals surface area contributed by atoms with Crippen LogP contribution in [-0.4, -0.2) is 53.5 Å². The van der Waals surface area contributed by atoms with Gasteiger partial charge in [-0.2, -0.15) is 0 Å². The fourth-order valence-electron chi connectivity index (χ4n) is 5.66. The van der Waals surface area contributed by atoms with Crippen molar-refractivity contribution in [2.24, 2.45) is 11.8 Å². The fourth-order valence-corrected chi connectivity index (χ4v) is 5.79. The molecule has 0 aromatic heterocycles. The van der Waals surface area contributed by atoms with Crippen molar-refractivity contribution >= 4 is 23.5 Å². The molecule has 3 atom stereocenters. The summed E-state index contributed by atoms with van der Waals surface area (Å²) in [4.78, 5) is 29.7. The first-order valence-corrected chi connectivity index (χ1v) is 12.6. The smallest absolute Gasteiger partial charge is 0.323 e. The number of nitrogens with one attached hydrogen (secondary N) is 3. The van der Waals surface area contributed by atoms with Crippen LogP contribution in [0, 0.1) is 17.7 Å². The van der Waals surface area contributed by atoms with Gasteiger partial charge in [-0.05, 0) is 74.2 Å². The van der Waals surface area contributed by atoms with Crippen molar-refractivity contribution in [1.29, 1.82) is 0 Å². The molecule has 3 N–H and O–H groups in total. The van der Waals surface area contributed by atoms with Crippen molar-refractivity contribution in [3.63, 3.8) is 0 Å². The molecule has 3 fully saturated rings. The summed E-state index contributed by atoms with van der Waals surface area (Å²) in [6.45, 7) is 5.59. The summed E-state index contributed by atoms with van der Waals surface area (Å²) in [6, 6.07) is 13.7. The monoisotopic (exact) mass is 499 g/mol. The second kappa shape index (κ2) is 9.85. The predicted octanol–water partition coefficient (Wildman–Crippen LogP) is 3.47. The van der Waals surface area contributed by atoms with Crippen LogP contribution in [0.15, 0.2) is 48.5 Å². The molecular formula is C26H31ClFN5O2. The highest BCUT2D eigenvalue weighted by atomic mass is 35.5. The number of imide groups is 1. The van der Waals surface area contributed by atoms with Crippen molar-refractivity contribution < 1.29 is 14.0 Å². The van der Waals surface area contributed by atoms with E-state index in [4.69, 9.17) is 11.6 Å². The summed E-state index contributed by atoms with van der Waals surface area (Å²) < 4.78 is 13.2. The quantitative estimate of drug-likeness (QED) is 0.531. The number of benzene rings is 2. The molecule has 3 heterocycles. The number of carbonyl (C=O) groups is 2. The molecule has 7 nitrogen and oxygen atoms in total. The molecule has 35 heavy (non-hydrogen) atoms. The number of nitrogens with zero attached hydrogens (tertiary/aromatic N) is 2. The Kier molecular flexibility index (Phi) is 6.81. The van der Waals surface area contributed by atoms with Gasteiger partial charge < -0.3 is 10.2 Å². The maximum atomic E-state index is 13.3. The minimum absolute atomic E-state index is 0.0697. The average molecular weight is 500 g/mol. The largest absolute Gasteiger partial charge is 0.325 e. The fraction of sp³-hybridized carbons (Fsp3) is 0.462. The van der Waals surface area contributed by atoms with Gasteiger partial charge in [-0.3, -0.25) is 15.1 Å². The highest BCUT2D eigenvalue weighted by Crippen LogP contribution is 2.35. The molecule has 186 valence electrons. The van der Waals surface area contributed by atoms with E-state index in [2.05, 4.69) is 33.2 Å². The Balaban J connectivity index is 1.18. The number of hydrogen-bond donors (Lipinski definition) is 3. The Morgan fingerprint density at radius 2 is 1.74 bits per heavy atom. The van der Waals surface area contributed by atoms with Gasteiger partial charge >= 0.3 is 6.03 Å². The summed E-state index contributed by atoms with van der Waals surface area (Å²) in [5.74, 6) is -0.0499. The molecule has 0 spiro atoms. The topological polar surface area (TPSA) is 76.7 Å². The minimum atomic E-state index is -0.911. The molecule has 0 bridgehead atoms. The van der Waals surface area contributed by atoms with Gasteiger partial charge in [0.05, 0.1) is 12.6 Å². The van der Waals surface area contributed by atoms with Crippen LogP contribution in [0.25, 0.3) is 0 Å². The molecule has 2 aromatic carbocycles. The number of piperidine rings is 1. The second-order valence-corrected chi connectivity index (χ2v) is 10.5. The Morgan fingerprint density at radius 1 is 1.06 bits per heavy atom. The molecular weight excluding hydrogens is 469 g/mol. The van der Waals surface area contributed by atoms with E-state index in [-0.39, 0.29) is 36.3 Å². The van der Waals surface area contributed by atoms with E-state index in [1.54, 1.807) is 12.1 Å². The van der Waals surface area contributed by atoms with Gasteiger partial charge in [0.1, 0.15) is 11.4 Å². The zero-order valence-corrected chi connectivity index (χ0v) is 20.5. The lowest BCUT2D eigenvalue weighted by atomic mass is 9.78. The lowest BCUT2D eigenvalue weighted by molar-refractivity contribution is -0.133. The van der Waals surface area contributed by atoms with Crippen LogP contribution >= 0.6 is 11.6 Å². The Labute approximate surface area is 210 Å². The van der Waals surface area contributed by atoms with Crippen molar-refractivity contribution in [2.45, 2.75) is 37.9 Å². The molecule has 3 saturated heterocycles. The molecule has 3 aliphatic heterocycles. The zero-order valence-electron chi connectivity index (χ0n) is 19.8. The van der Waals surface area contributed by atoms with E-state index in [9.17, 15) is 14.0 Å². The van der Waals surface area contributed by atoms with Crippen molar-refractivity contribution in [1.82, 2.24) is 26.0 Å². The maximum Gasteiger partial charge on any atom is 0.325 e. The van der Waals surface area contributed by atoms with Gasteiger partial charge in [0.2, 0.25) is 0 Å². The number of hydrogen-bond acceptors (Lipinski definition) is 5. The highest BCUT2D eigenvalue weighted by Gasteiger charge is 2.52. The van der Waals surface area contributed by atoms with E-state index in [1.165, 1.54) is 22.6 Å². The molecule has 3 unspecified atom stereocenters. The van der Waals surface area contributed by atoms with Gasteiger partial charge in [-0.15, -0.1) is 0 Å². The minimum Gasteiger partial charge on any atom is -0.323 e. The second-order valence-electron chi connectivity index (χ2n) is 10.0. The summed E-state index contributed by atoms with van der Waals surface area (Å²) in [6.07, 6.45) is 1.68. The standard InChI is InChI=1S/C26H31ClFN5O2/c1-26(24(34)33(25(35)30-26)15-17-2-8-22(28)9-3-17)20-10-12-32(13-11-20)16-19-14-29-31-23(19)18-4-6-21(27)7-5-18/h2-9,19-20,23,29,31H,10-16H2,1H3,(H,30,35). The Hall–Kier alpha value is -2.52. The normalized spacial score (nSPS) is 28.0. The third kappa shape index (κ3) is 4.93. The summed E-state index contributed by atoms with van der Waals surface area (Å²) in [7, 11) is 0. The molecule has 0 saturated carbocycles. The molecule has 5 rings (SSSR count). The number of halogens is 2. The third-order valence-corrected chi connectivity index (χ3v) is 8.03. The van der Waals surface area contributed by atoms with Gasteiger partial charge in [0.25, 0.3) is 5.91 Å². The maximum absolute atomic E-state index is 13.3. The number of hydrazine groups is 1. The lowest BCUT2D eigenvalue weighted by Gasteiger charge is -2.40. The average Bonchev–Trinajstić information content (AvgIpc) is 3.40. The van der Waals surface area contributed by atoms with E-state index in [0.717, 1.165) is 49.6 Å². The van der Waals surface area contributed by atoms with Crippen molar-refractivity contribution in [3.8, 4) is 0 Å². The van der Waals surface area contributed by atoms with Crippen LogP contribution in [0.1, 0.15) is 36.9 Å². The van der Waals surface area contributed by atoms with Gasteiger partial charge in [-0.1, -0.05) is 35.9 Å². The van der Waals surface area contributed by atoms with Crippen molar-refractivity contribution in [3.05, 3.63) is 70.5 Å². The number of likely N-dealkylation sites (tertiary alicyclic amines) is 1. The first-order chi connectivity index (χ1) is 16.8. The van der Waals surface area contributed by atoms with Crippen LogP contribution < -0.4 is 16.2 Å². The highest BCUT2D eigenvalue weighted by molar-refractivity contribution is 6.30. The van der Waals surface area contributed by atoms with Crippen LogP contribution in [0.3, 0.4) is 0 Å². The first kappa shape index (κ1) is 24.2. The number of amides is 3. The van der Waals surface area contributed by atoms with Crippen LogP contribution in [0.2, 0.25) is 5.02 Å². The summed E-state index contributed by atoms with van der Waals surface area (Å²) in [5, 5.41) is 3.70. The Morgan fingerprint density at radius 3 is 2.43 bits per heavy atom. The lowest BCUT2D eigenvalue weighted by Crippen LogP contribution is -2.54. The SMILES string of the molecule is CC1(C2CCN(CC3CNNC3c3ccc(Cl)cc3)CC2)NC(=O)N(Cc2ccc(F)cc2)C1=O. The van der Waals surface area contributed by atoms with E-state index >= 15 is 0 Å². The summed E-state index contributed by atoms with van der Waals surface area (Å²) >= 11 is 6.05. The van der Waals surface area contributed by atoms with E-state index in [1.807, 2.05) is 19.1 Å². The van der Waals surface area contributed by atoms with Gasteiger partial charge in [0.15, 0.2) is 0 Å². The number of carbonyl (C=O) groups excluding carboxylic acids is 2. The number of rotatable bonds is 6. The van der Waals surface area contributed by atoms with Gasteiger partial charge in [-0.25, -0.2) is 14.6 Å². The Bertz CT molecular complexity index is 1070.